The maximum Gasteiger partial charge on any atom is 0.291 e. The summed E-state index contributed by atoms with van der Waals surface area (Å²) in [5.74, 6) is 0.983. The van der Waals surface area contributed by atoms with Crippen LogP contribution in [-0.4, -0.2) is 30.1 Å². The Balaban J connectivity index is 0.00000341. The van der Waals surface area contributed by atoms with Gasteiger partial charge in [0.05, 0.1) is 25.6 Å². The first kappa shape index (κ1) is 24.5. The molecule has 9 heteroatoms. The Bertz CT molecular complexity index is 969. The highest BCUT2D eigenvalue weighted by molar-refractivity contribution is 14.0. The molecular weight excluding hydrogens is 511 g/mol. The van der Waals surface area contributed by atoms with Crippen LogP contribution in [0.15, 0.2) is 74.9 Å². The Hall–Kier alpha value is -2.79. The summed E-state index contributed by atoms with van der Waals surface area (Å²) < 4.78 is 10.4. The number of halogens is 1. The zero-order valence-electron chi connectivity index (χ0n) is 17.4. The number of aliphatic imine (C=N–C) groups is 1. The molecule has 0 aliphatic heterocycles. The van der Waals surface area contributed by atoms with Gasteiger partial charge in [-0.3, -0.25) is 4.79 Å². The summed E-state index contributed by atoms with van der Waals surface area (Å²) >= 11 is 0. The van der Waals surface area contributed by atoms with Gasteiger partial charge in [0.1, 0.15) is 11.4 Å². The van der Waals surface area contributed by atoms with E-state index < -0.39 is 5.60 Å². The monoisotopic (exact) mass is 538 g/mol. The SMILES string of the molecule is CCNC(=NCc1cccc(NC(=O)c2ccco2)c1)NCC(C)(O)c1ccco1.I. The summed E-state index contributed by atoms with van der Waals surface area (Å²) in [6.07, 6.45) is 2.99. The third kappa shape index (κ3) is 7.14. The van der Waals surface area contributed by atoms with E-state index in [1.54, 1.807) is 37.3 Å². The van der Waals surface area contributed by atoms with Crippen molar-refractivity contribution in [3.8, 4) is 0 Å². The Morgan fingerprint density at radius 1 is 1.10 bits per heavy atom. The van der Waals surface area contributed by atoms with Crippen LogP contribution >= 0.6 is 24.0 Å². The van der Waals surface area contributed by atoms with Crippen molar-refractivity contribution in [2.45, 2.75) is 26.0 Å². The predicted octanol–water partition coefficient (Wildman–Crippen LogP) is 3.71. The molecule has 0 saturated heterocycles. The lowest BCUT2D eigenvalue weighted by Gasteiger charge is -2.22. The molecule has 1 unspecified atom stereocenters. The van der Waals surface area contributed by atoms with Crippen LogP contribution in [-0.2, 0) is 12.1 Å². The molecule has 1 aromatic carbocycles. The van der Waals surface area contributed by atoms with E-state index in [9.17, 15) is 9.90 Å². The summed E-state index contributed by atoms with van der Waals surface area (Å²) in [6, 6.07) is 14.2. The number of nitrogens with zero attached hydrogens (tertiary/aromatic N) is 1. The average Bonchev–Trinajstić information content (AvgIpc) is 3.45. The lowest BCUT2D eigenvalue weighted by Crippen LogP contribution is -2.44. The maximum atomic E-state index is 12.1. The van der Waals surface area contributed by atoms with Crippen molar-refractivity contribution >= 4 is 41.5 Å². The second kappa shape index (κ2) is 11.6. The number of guanidine groups is 1. The molecule has 4 N–H and O–H groups in total. The number of nitrogens with one attached hydrogen (secondary N) is 3. The topological polar surface area (TPSA) is 112 Å². The second-order valence-electron chi connectivity index (χ2n) is 6.93. The number of hydrogen-bond donors (Lipinski definition) is 4. The van der Waals surface area contributed by atoms with Gasteiger partial charge < -0.3 is 29.9 Å². The summed E-state index contributed by atoms with van der Waals surface area (Å²) in [4.78, 5) is 16.7. The zero-order valence-corrected chi connectivity index (χ0v) is 19.8. The molecule has 166 valence electrons. The van der Waals surface area contributed by atoms with E-state index in [0.29, 0.717) is 30.5 Å². The minimum Gasteiger partial charge on any atom is -0.466 e. The van der Waals surface area contributed by atoms with Gasteiger partial charge in [0.2, 0.25) is 0 Å². The van der Waals surface area contributed by atoms with Crippen molar-refractivity contribution in [1.29, 1.82) is 0 Å². The van der Waals surface area contributed by atoms with Gasteiger partial charge in [0.15, 0.2) is 11.7 Å². The standard InChI is InChI=1S/C22H26N4O4.HI/c1-3-23-21(25-15-22(2,28)19-10-6-12-30-19)24-14-16-7-4-8-17(13-16)26-20(27)18-9-5-11-29-18;/h4-13,28H,3,14-15H2,1-2H3,(H,26,27)(H2,23,24,25);1H. The first-order valence-corrected chi connectivity index (χ1v) is 9.70. The molecule has 0 aliphatic carbocycles. The fourth-order valence-corrected chi connectivity index (χ4v) is 2.79. The van der Waals surface area contributed by atoms with E-state index in [1.165, 1.54) is 12.5 Å². The molecule has 2 aromatic heterocycles. The van der Waals surface area contributed by atoms with Crippen LogP contribution in [0.3, 0.4) is 0 Å². The fourth-order valence-electron chi connectivity index (χ4n) is 2.79. The molecule has 0 radical (unpaired) electrons. The fraction of sp³-hybridized carbons (Fsp3) is 0.273. The molecule has 1 atom stereocenters. The number of amides is 1. The van der Waals surface area contributed by atoms with Crippen LogP contribution in [0, 0.1) is 0 Å². The molecule has 0 fully saturated rings. The van der Waals surface area contributed by atoms with Gasteiger partial charge in [-0.25, -0.2) is 4.99 Å². The van der Waals surface area contributed by atoms with Crippen molar-refractivity contribution in [3.05, 3.63) is 78.1 Å². The number of benzene rings is 1. The average molecular weight is 538 g/mol. The predicted molar refractivity (Wildman–Crippen MR) is 130 cm³/mol. The molecule has 0 aliphatic rings. The van der Waals surface area contributed by atoms with Crippen LogP contribution in [0.4, 0.5) is 5.69 Å². The van der Waals surface area contributed by atoms with E-state index in [0.717, 1.165) is 5.56 Å². The molecule has 1 amide bonds. The maximum absolute atomic E-state index is 12.1. The molecule has 0 saturated carbocycles. The number of anilines is 1. The van der Waals surface area contributed by atoms with E-state index in [1.807, 2.05) is 25.1 Å². The van der Waals surface area contributed by atoms with Crippen molar-refractivity contribution in [2.75, 3.05) is 18.4 Å². The number of carbonyl (C=O) groups excluding carboxylic acids is 1. The van der Waals surface area contributed by atoms with Gasteiger partial charge in [-0.1, -0.05) is 12.1 Å². The van der Waals surface area contributed by atoms with E-state index in [-0.39, 0.29) is 42.2 Å². The van der Waals surface area contributed by atoms with Crippen LogP contribution in [0.1, 0.15) is 35.7 Å². The first-order chi connectivity index (χ1) is 14.5. The Kier molecular flexibility index (Phi) is 9.13. The van der Waals surface area contributed by atoms with Gasteiger partial charge in [0, 0.05) is 12.2 Å². The van der Waals surface area contributed by atoms with Crippen LogP contribution in [0.25, 0.3) is 0 Å². The number of aliphatic hydroxyl groups is 1. The summed E-state index contributed by atoms with van der Waals surface area (Å²) in [5.41, 5.74) is 0.403. The number of carbonyl (C=O) groups is 1. The molecule has 2 heterocycles. The van der Waals surface area contributed by atoms with E-state index in [2.05, 4.69) is 20.9 Å². The van der Waals surface area contributed by atoms with Crippen LogP contribution < -0.4 is 16.0 Å². The lowest BCUT2D eigenvalue weighted by molar-refractivity contribution is 0.0386. The summed E-state index contributed by atoms with van der Waals surface area (Å²) in [6.45, 7) is 4.93. The highest BCUT2D eigenvalue weighted by Crippen LogP contribution is 2.19. The molecule has 8 nitrogen and oxygen atoms in total. The molecular formula is C22H27IN4O4. The Labute approximate surface area is 198 Å². The number of rotatable bonds is 8. The van der Waals surface area contributed by atoms with Gasteiger partial charge in [-0.15, -0.1) is 24.0 Å². The van der Waals surface area contributed by atoms with Crippen molar-refractivity contribution in [2.24, 2.45) is 4.99 Å². The largest absolute Gasteiger partial charge is 0.466 e. The quantitative estimate of drug-likeness (QED) is 0.198. The minimum atomic E-state index is -1.17. The highest BCUT2D eigenvalue weighted by Gasteiger charge is 2.26. The van der Waals surface area contributed by atoms with Crippen LogP contribution in [0.5, 0.6) is 0 Å². The van der Waals surface area contributed by atoms with Crippen molar-refractivity contribution < 1.29 is 18.7 Å². The first-order valence-electron chi connectivity index (χ1n) is 9.70. The van der Waals surface area contributed by atoms with E-state index >= 15 is 0 Å². The van der Waals surface area contributed by atoms with Crippen LogP contribution in [0.2, 0.25) is 0 Å². The smallest absolute Gasteiger partial charge is 0.291 e. The van der Waals surface area contributed by atoms with Crippen molar-refractivity contribution in [1.82, 2.24) is 10.6 Å². The van der Waals surface area contributed by atoms with Gasteiger partial charge in [-0.2, -0.15) is 0 Å². The molecule has 0 bridgehead atoms. The molecule has 3 aromatic rings. The van der Waals surface area contributed by atoms with Gasteiger partial charge in [-0.05, 0) is 55.8 Å². The lowest BCUT2D eigenvalue weighted by atomic mass is 10.0. The third-order valence-electron chi connectivity index (χ3n) is 4.35. The second-order valence-corrected chi connectivity index (χ2v) is 6.93. The Morgan fingerprint density at radius 2 is 1.87 bits per heavy atom. The normalized spacial score (nSPS) is 13.1. The van der Waals surface area contributed by atoms with Gasteiger partial charge in [0.25, 0.3) is 5.91 Å². The van der Waals surface area contributed by atoms with Gasteiger partial charge >= 0.3 is 0 Å². The summed E-state index contributed by atoms with van der Waals surface area (Å²) in [7, 11) is 0. The summed E-state index contributed by atoms with van der Waals surface area (Å²) in [5, 5.41) is 19.7. The Morgan fingerprint density at radius 3 is 2.55 bits per heavy atom. The number of hydrogen-bond acceptors (Lipinski definition) is 5. The highest BCUT2D eigenvalue weighted by atomic mass is 127. The molecule has 31 heavy (non-hydrogen) atoms. The van der Waals surface area contributed by atoms with Crippen molar-refractivity contribution in [3.63, 3.8) is 0 Å². The zero-order chi connectivity index (χ0) is 21.4. The third-order valence-corrected chi connectivity index (χ3v) is 4.35. The van der Waals surface area contributed by atoms with E-state index in [4.69, 9.17) is 8.83 Å². The number of furan rings is 2. The molecule has 0 spiro atoms. The molecule has 3 rings (SSSR count). The minimum absolute atomic E-state index is 0.